The Kier molecular flexibility index (Phi) is 4.03. The molecule has 0 spiro atoms. The maximum absolute atomic E-state index is 5.21. The minimum Gasteiger partial charge on any atom is -0.493 e. The Morgan fingerprint density at radius 3 is 2.27 bits per heavy atom. The van der Waals surface area contributed by atoms with Gasteiger partial charge in [0.25, 0.3) is 0 Å². The zero-order valence-corrected chi connectivity index (χ0v) is 9.65. The van der Waals surface area contributed by atoms with E-state index in [2.05, 4.69) is 0 Å². The number of hydrogen-bond donors (Lipinski definition) is 0. The highest BCUT2D eigenvalue weighted by molar-refractivity contribution is 5.55. The lowest BCUT2D eigenvalue weighted by Gasteiger charge is -2.08. The van der Waals surface area contributed by atoms with E-state index in [-0.39, 0.29) is 0 Å². The quantitative estimate of drug-likeness (QED) is 0.755. The first-order valence-electron chi connectivity index (χ1n) is 4.74. The highest BCUT2D eigenvalue weighted by atomic mass is 16.5. The van der Waals surface area contributed by atoms with Crippen LogP contribution in [0.15, 0.2) is 24.4 Å². The highest BCUT2D eigenvalue weighted by Crippen LogP contribution is 2.27. The maximum atomic E-state index is 5.21. The second-order valence-electron chi connectivity index (χ2n) is 3.39. The van der Waals surface area contributed by atoms with Gasteiger partial charge in [-0.05, 0) is 30.0 Å². The van der Waals surface area contributed by atoms with Crippen LogP contribution in [0.4, 0.5) is 0 Å². The van der Waals surface area contributed by atoms with E-state index >= 15 is 0 Å². The first-order valence-corrected chi connectivity index (χ1v) is 4.74. The smallest absolute Gasteiger partial charge is 0.161 e. The van der Waals surface area contributed by atoms with Gasteiger partial charge < -0.3 is 14.4 Å². The summed E-state index contributed by atoms with van der Waals surface area (Å²) < 4.78 is 10.4. The molecule has 1 aromatic rings. The van der Waals surface area contributed by atoms with E-state index < -0.39 is 0 Å². The molecule has 0 aliphatic rings. The molecule has 0 N–H and O–H groups in total. The second kappa shape index (κ2) is 5.29. The third kappa shape index (κ3) is 3.20. The Bertz CT molecular complexity index is 345. The lowest BCUT2D eigenvalue weighted by atomic mass is 10.2. The molecule has 0 amide bonds. The molecule has 0 aliphatic carbocycles. The minimum absolute atomic E-state index is 0.749. The molecule has 0 saturated heterocycles. The van der Waals surface area contributed by atoms with Gasteiger partial charge in [0.05, 0.1) is 14.2 Å². The molecule has 15 heavy (non-hydrogen) atoms. The van der Waals surface area contributed by atoms with Crippen molar-refractivity contribution in [3.63, 3.8) is 0 Å². The Labute approximate surface area is 90.9 Å². The maximum Gasteiger partial charge on any atom is 0.161 e. The summed E-state index contributed by atoms with van der Waals surface area (Å²) in [5.41, 5.74) is 1.08. The predicted molar refractivity (Wildman–Crippen MR) is 62.3 cm³/mol. The summed E-state index contributed by atoms with van der Waals surface area (Å²) in [6, 6.07) is 5.83. The largest absolute Gasteiger partial charge is 0.493 e. The SMILES string of the molecule is COc1ccc(/C=C/N(C)C)cc1OC. The van der Waals surface area contributed by atoms with Gasteiger partial charge in [0.2, 0.25) is 0 Å². The lowest BCUT2D eigenvalue weighted by Crippen LogP contribution is -1.99. The van der Waals surface area contributed by atoms with Crippen LogP contribution in [0.5, 0.6) is 11.5 Å². The summed E-state index contributed by atoms with van der Waals surface area (Å²) in [6.07, 6.45) is 4.00. The van der Waals surface area contributed by atoms with Gasteiger partial charge in [-0.3, -0.25) is 0 Å². The highest BCUT2D eigenvalue weighted by Gasteiger charge is 2.02. The van der Waals surface area contributed by atoms with Crippen molar-refractivity contribution < 1.29 is 9.47 Å². The minimum atomic E-state index is 0.749. The topological polar surface area (TPSA) is 21.7 Å². The molecule has 1 aromatic carbocycles. The van der Waals surface area contributed by atoms with Crippen LogP contribution >= 0.6 is 0 Å². The lowest BCUT2D eigenvalue weighted by molar-refractivity contribution is 0.355. The molecule has 0 aliphatic heterocycles. The zero-order valence-electron chi connectivity index (χ0n) is 9.65. The van der Waals surface area contributed by atoms with Gasteiger partial charge >= 0.3 is 0 Å². The van der Waals surface area contributed by atoms with Crippen molar-refractivity contribution in [3.05, 3.63) is 30.0 Å². The van der Waals surface area contributed by atoms with E-state index in [1.165, 1.54) is 0 Å². The fourth-order valence-electron chi connectivity index (χ4n) is 1.19. The Balaban J connectivity index is 2.93. The summed E-state index contributed by atoms with van der Waals surface area (Å²) in [4.78, 5) is 1.98. The Morgan fingerprint density at radius 2 is 1.73 bits per heavy atom. The summed E-state index contributed by atoms with van der Waals surface area (Å²) in [7, 11) is 7.24. The average Bonchev–Trinajstić information content (AvgIpc) is 2.25. The van der Waals surface area contributed by atoms with Crippen LogP contribution in [0.2, 0.25) is 0 Å². The molecule has 0 unspecified atom stereocenters. The molecule has 3 nitrogen and oxygen atoms in total. The van der Waals surface area contributed by atoms with Crippen molar-refractivity contribution in [2.45, 2.75) is 0 Å². The molecule has 0 saturated carbocycles. The summed E-state index contributed by atoms with van der Waals surface area (Å²) in [6.45, 7) is 0. The van der Waals surface area contributed by atoms with E-state index in [4.69, 9.17) is 9.47 Å². The van der Waals surface area contributed by atoms with Crippen LogP contribution in [-0.4, -0.2) is 33.2 Å². The molecule has 0 atom stereocenters. The first-order chi connectivity index (χ1) is 7.17. The number of benzene rings is 1. The first kappa shape index (κ1) is 11.4. The molecule has 82 valence electrons. The number of rotatable bonds is 4. The van der Waals surface area contributed by atoms with Crippen molar-refractivity contribution in [2.75, 3.05) is 28.3 Å². The van der Waals surface area contributed by atoms with Crippen LogP contribution in [0, 0.1) is 0 Å². The standard InChI is InChI=1S/C12H17NO2/c1-13(2)8-7-10-5-6-11(14-3)12(9-10)15-4/h5-9H,1-4H3/b8-7+. The molecular weight excluding hydrogens is 190 g/mol. The number of ether oxygens (including phenoxy) is 2. The van der Waals surface area contributed by atoms with Gasteiger partial charge in [0.15, 0.2) is 11.5 Å². The number of hydrogen-bond acceptors (Lipinski definition) is 3. The van der Waals surface area contributed by atoms with E-state index in [1.807, 2.05) is 49.5 Å². The van der Waals surface area contributed by atoms with Crippen molar-refractivity contribution in [1.29, 1.82) is 0 Å². The summed E-state index contributed by atoms with van der Waals surface area (Å²) in [5, 5.41) is 0. The predicted octanol–water partition coefficient (Wildman–Crippen LogP) is 2.24. The molecule has 1 rings (SSSR count). The molecule has 0 bridgehead atoms. The molecule has 0 heterocycles. The average molecular weight is 207 g/mol. The van der Waals surface area contributed by atoms with Gasteiger partial charge in [0.1, 0.15) is 0 Å². The molecular formula is C12H17NO2. The van der Waals surface area contributed by atoms with Gasteiger partial charge in [-0.1, -0.05) is 6.07 Å². The van der Waals surface area contributed by atoms with Crippen LogP contribution in [0.3, 0.4) is 0 Å². The Morgan fingerprint density at radius 1 is 1.07 bits per heavy atom. The normalized spacial score (nSPS) is 10.4. The van der Waals surface area contributed by atoms with Crippen LogP contribution in [0.25, 0.3) is 6.08 Å². The fourth-order valence-corrected chi connectivity index (χ4v) is 1.19. The monoisotopic (exact) mass is 207 g/mol. The third-order valence-electron chi connectivity index (χ3n) is 1.97. The van der Waals surface area contributed by atoms with Crippen molar-refractivity contribution in [1.82, 2.24) is 4.90 Å². The molecule has 0 radical (unpaired) electrons. The van der Waals surface area contributed by atoms with Crippen molar-refractivity contribution in [2.24, 2.45) is 0 Å². The van der Waals surface area contributed by atoms with E-state index in [0.717, 1.165) is 17.1 Å². The van der Waals surface area contributed by atoms with Gasteiger partial charge in [0, 0.05) is 14.1 Å². The van der Waals surface area contributed by atoms with Gasteiger partial charge in [-0.25, -0.2) is 0 Å². The summed E-state index contributed by atoms with van der Waals surface area (Å²) >= 11 is 0. The zero-order chi connectivity index (χ0) is 11.3. The van der Waals surface area contributed by atoms with Crippen molar-refractivity contribution >= 4 is 6.08 Å². The molecule has 0 fully saturated rings. The van der Waals surface area contributed by atoms with Crippen LogP contribution in [-0.2, 0) is 0 Å². The van der Waals surface area contributed by atoms with Crippen molar-refractivity contribution in [3.8, 4) is 11.5 Å². The summed E-state index contributed by atoms with van der Waals surface area (Å²) in [5.74, 6) is 1.50. The van der Waals surface area contributed by atoms with E-state index in [1.54, 1.807) is 14.2 Å². The van der Waals surface area contributed by atoms with Gasteiger partial charge in [-0.15, -0.1) is 0 Å². The number of methoxy groups -OCH3 is 2. The molecule has 3 heteroatoms. The van der Waals surface area contributed by atoms with Crippen LogP contribution in [0.1, 0.15) is 5.56 Å². The van der Waals surface area contributed by atoms with E-state index in [0.29, 0.717) is 0 Å². The third-order valence-corrected chi connectivity index (χ3v) is 1.97. The number of nitrogens with zero attached hydrogens (tertiary/aromatic N) is 1. The fraction of sp³-hybridized carbons (Fsp3) is 0.333. The van der Waals surface area contributed by atoms with Crippen LogP contribution < -0.4 is 9.47 Å². The molecule has 0 aromatic heterocycles. The van der Waals surface area contributed by atoms with E-state index in [9.17, 15) is 0 Å². The Hall–Kier alpha value is -1.64. The van der Waals surface area contributed by atoms with Gasteiger partial charge in [-0.2, -0.15) is 0 Å². The second-order valence-corrected chi connectivity index (χ2v) is 3.39.